The van der Waals surface area contributed by atoms with Crippen LogP contribution in [-0.4, -0.2) is 47.3 Å². The molecule has 0 spiro atoms. The van der Waals surface area contributed by atoms with Crippen LogP contribution in [-0.2, 0) is 4.74 Å². The fourth-order valence-electron chi connectivity index (χ4n) is 0.907. The van der Waals surface area contributed by atoms with E-state index in [9.17, 15) is 13.6 Å². The van der Waals surface area contributed by atoms with Crippen molar-refractivity contribution in [3.63, 3.8) is 0 Å². The lowest BCUT2D eigenvalue weighted by Gasteiger charge is -2.32. The minimum Gasteiger partial charge on any atom is -0.444 e. The second-order valence-electron chi connectivity index (χ2n) is 4.69. The third-order valence-electron chi connectivity index (χ3n) is 2.08. The molecule has 0 bridgehead atoms. The fraction of sp³-hybridized carbons (Fsp3) is 0.900. The summed E-state index contributed by atoms with van der Waals surface area (Å²) in [6.07, 6.45) is -0.840. The number of aliphatic hydroxyl groups excluding tert-OH is 1. The molecule has 16 heavy (non-hydrogen) atoms. The molecule has 0 aromatic carbocycles. The summed E-state index contributed by atoms with van der Waals surface area (Å²) in [6, 6.07) is -1.42. The number of halogens is 2. The van der Waals surface area contributed by atoms with Crippen LogP contribution in [0.1, 0.15) is 27.7 Å². The predicted molar refractivity (Wildman–Crippen MR) is 55.5 cm³/mol. The number of carbonyl (C=O) groups is 1. The van der Waals surface area contributed by atoms with Crippen LogP contribution >= 0.6 is 0 Å². The lowest BCUT2D eigenvalue weighted by molar-refractivity contribution is -0.103. The Morgan fingerprint density at radius 3 is 2.19 bits per heavy atom. The van der Waals surface area contributed by atoms with Gasteiger partial charge in [0.15, 0.2) is 0 Å². The molecule has 0 heterocycles. The number of carbonyl (C=O) groups excluding carboxylic acids is 1. The highest BCUT2D eigenvalue weighted by atomic mass is 19.3. The van der Waals surface area contributed by atoms with Crippen molar-refractivity contribution in [2.45, 2.75) is 45.3 Å². The molecule has 0 radical (unpaired) electrons. The van der Waals surface area contributed by atoms with E-state index in [1.165, 1.54) is 7.05 Å². The summed E-state index contributed by atoms with van der Waals surface area (Å²) in [5, 5.41) is 8.50. The van der Waals surface area contributed by atoms with E-state index in [1.807, 2.05) is 0 Å². The van der Waals surface area contributed by atoms with E-state index in [2.05, 4.69) is 0 Å². The minimum absolute atomic E-state index is 0.737. The Balaban J connectivity index is 4.56. The average Bonchev–Trinajstić information content (AvgIpc) is 2.12. The van der Waals surface area contributed by atoms with Crippen molar-refractivity contribution in [1.82, 2.24) is 4.90 Å². The van der Waals surface area contributed by atoms with Crippen LogP contribution < -0.4 is 0 Å². The largest absolute Gasteiger partial charge is 0.444 e. The molecule has 4 nitrogen and oxygen atoms in total. The molecule has 1 atom stereocenters. The Bertz CT molecular complexity index is 251. The zero-order chi connectivity index (χ0) is 13.1. The van der Waals surface area contributed by atoms with Crippen LogP contribution in [0, 0.1) is 0 Å². The molecule has 0 aliphatic carbocycles. The molecule has 0 rings (SSSR count). The van der Waals surface area contributed by atoms with Gasteiger partial charge < -0.3 is 14.7 Å². The van der Waals surface area contributed by atoms with Crippen molar-refractivity contribution < 1.29 is 23.4 Å². The Hall–Kier alpha value is -0.910. The Labute approximate surface area is 94.2 Å². The van der Waals surface area contributed by atoms with Gasteiger partial charge >= 0.3 is 6.09 Å². The van der Waals surface area contributed by atoms with Crippen LogP contribution in [0.3, 0.4) is 0 Å². The first-order chi connectivity index (χ1) is 7.01. The van der Waals surface area contributed by atoms with E-state index in [-0.39, 0.29) is 0 Å². The van der Waals surface area contributed by atoms with Crippen molar-refractivity contribution in [2.24, 2.45) is 0 Å². The number of ether oxygens (including phenoxy) is 1. The Kier molecular flexibility index (Phi) is 4.67. The summed E-state index contributed by atoms with van der Waals surface area (Å²) in [6.45, 7) is 4.79. The molecule has 96 valence electrons. The highest BCUT2D eigenvalue weighted by Gasteiger charge is 2.40. The normalized spacial score (nSPS) is 14.5. The van der Waals surface area contributed by atoms with E-state index in [4.69, 9.17) is 9.84 Å². The third kappa shape index (κ3) is 4.30. The minimum atomic E-state index is -3.34. The van der Waals surface area contributed by atoms with Gasteiger partial charge in [0.05, 0.1) is 6.04 Å². The summed E-state index contributed by atoms with van der Waals surface area (Å²) in [5.41, 5.74) is -0.737. The van der Waals surface area contributed by atoms with Crippen molar-refractivity contribution in [2.75, 3.05) is 13.7 Å². The first kappa shape index (κ1) is 15.1. The van der Waals surface area contributed by atoms with Crippen LogP contribution in [0.2, 0.25) is 0 Å². The number of nitrogens with zero attached hydrogens (tertiary/aromatic N) is 1. The zero-order valence-corrected chi connectivity index (χ0v) is 10.3. The molecular weight excluding hydrogens is 220 g/mol. The smallest absolute Gasteiger partial charge is 0.410 e. The fourth-order valence-corrected chi connectivity index (χ4v) is 0.907. The maximum Gasteiger partial charge on any atom is 0.410 e. The molecule has 1 amide bonds. The molecule has 0 aromatic heterocycles. The van der Waals surface area contributed by atoms with Gasteiger partial charge in [0.1, 0.15) is 12.2 Å². The van der Waals surface area contributed by atoms with Gasteiger partial charge in [-0.2, -0.15) is 0 Å². The maximum absolute atomic E-state index is 13.1. The Morgan fingerprint density at radius 1 is 1.44 bits per heavy atom. The lowest BCUT2D eigenvalue weighted by atomic mass is 10.1. The lowest BCUT2D eigenvalue weighted by Crippen LogP contribution is -2.49. The molecule has 1 unspecified atom stereocenters. The summed E-state index contributed by atoms with van der Waals surface area (Å²) < 4.78 is 31.1. The van der Waals surface area contributed by atoms with E-state index in [0.717, 1.165) is 11.8 Å². The number of hydrogen-bond donors (Lipinski definition) is 1. The van der Waals surface area contributed by atoms with Gasteiger partial charge in [-0.05, 0) is 27.7 Å². The summed E-state index contributed by atoms with van der Waals surface area (Å²) in [4.78, 5) is 12.2. The molecule has 0 aliphatic rings. The van der Waals surface area contributed by atoms with Gasteiger partial charge in [0.2, 0.25) is 0 Å². The highest BCUT2D eigenvalue weighted by Crippen LogP contribution is 2.22. The molecule has 1 N–H and O–H groups in total. The van der Waals surface area contributed by atoms with E-state index in [1.54, 1.807) is 20.8 Å². The second-order valence-corrected chi connectivity index (χ2v) is 4.69. The van der Waals surface area contributed by atoms with Gasteiger partial charge in [-0.3, -0.25) is 0 Å². The average molecular weight is 239 g/mol. The number of aliphatic hydroxyl groups is 1. The molecule has 0 aromatic rings. The molecule has 0 saturated carbocycles. The van der Waals surface area contributed by atoms with E-state index in [0.29, 0.717) is 0 Å². The topological polar surface area (TPSA) is 49.8 Å². The number of alkyl halides is 2. The van der Waals surface area contributed by atoms with Crippen molar-refractivity contribution in [3.8, 4) is 0 Å². The second kappa shape index (κ2) is 4.95. The van der Waals surface area contributed by atoms with Crippen LogP contribution in [0.4, 0.5) is 13.6 Å². The van der Waals surface area contributed by atoms with Crippen LogP contribution in [0.5, 0.6) is 0 Å². The van der Waals surface area contributed by atoms with Crippen molar-refractivity contribution >= 4 is 6.09 Å². The first-order valence-corrected chi connectivity index (χ1v) is 4.96. The van der Waals surface area contributed by atoms with Crippen LogP contribution in [0.15, 0.2) is 0 Å². The summed E-state index contributed by atoms with van der Waals surface area (Å²) in [7, 11) is 1.21. The van der Waals surface area contributed by atoms with Gasteiger partial charge in [-0.1, -0.05) is 0 Å². The van der Waals surface area contributed by atoms with Crippen molar-refractivity contribution in [1.29, 1.82) is 0 Å². The molecule has 0 aliphatic heterocycles. The SMILES string of the molecule is CC(N(C)C(=O)OC(C)(C)C)C(F)(F)CO. The van der Waals surface area contributed by atoms with Gasteiger partial charge in [-0.15, -0.1) is 0 Å². The molecule has 6 heteroatoms. The maximum atomic E-state index is 13.1. The van der Waals surface area contributed by atoms with E-state index >= 15 is 0 Å². The van der Waals surface area contributed by atoms with Gasteiger partial charge in [0.25, 0.3) is 5.92 Å². The molecule has 0 saturated heterocycles. The van der Waals surface area contributed by atoms with Gasteiger partial charge in [-0.25, -0.2) is 13.6 Å². The summed E-state index contributed by atoms with van der Waals surface area (Å²) >= 11 is 0. The standard InChI is InChI=1S/C10H19F2NO3/c1-7(10(11,12)6-14)13(5)8(15)16-9(2,3)4/h7,14H,6H2,1-5H3. The number of rotatable bonds is 3. The Morgan fingerprint density at radius 2 is 1.88 bits per heavy atom. The van der Waals surface area contributed by atoms with E-state index < -0.39 is 30.3 Å². The number of amides is 1. The van der Waals surface area contributed by atoms with Crippen molar-refractivity contribution in [3.05, 3.63) is 0 Å². The number of hydrogen-bond acceptors (Lipinski definition) is 3. The summed E-state index contributed by atoms with van der Waals surface area (Å²) in [5.74, 6) is -3.34. The first-order valence-electron chi connectivity index (χ1n) is 4.96. The zero-order valence-electron chi connectivity index (χ0n) is 10.3. The molecule has 0 fully saturated rings. The third-order valence-corrected chi connectivity index (χ3v) is 2.08. The van der Waals surface area contributed by atoms with Gasteiger partial charge in [0, 0.05) is 7.05 Å². The monoisotopic (exact) mass is 239 g/mol. The van der Waals surface area contributed by atoms with Crippen LogP contribution in [0.25, 0.3) is 0 Å². The molecular formula is C10H19F2NO3. The quantitative estimate of drug-likeness (QED) is 0.818. The highest BCUT2D eigenvalue weighted by molar-refractivity contribution is 5.68. The predicted octanol–water partition coefficient (Wildman–Crippen LogP) is 1.87.